The average molecular weight is 237 g/mol. The minimum absolute atomic E-state index is 0.802. The van der Waals surface area contributed by atoms with Crippen molar-refractivity contribution in [3.63, 3.8) is 0 Å². The molecule has 4 rings (SSSR count). The maximum absolute atomic E-state index is 3.81. The number of piperidine rings is 3. The van der Waals surface area contributed by atoms with Crippen molar-refractivity contribution in [2.24, 2.45) is 5.92 Å². The molecule has 4 saturated heterocycles. The van der Waals surface area contributed by atoms with Crippen molar-refractivity contribution in [1.82, 2.24) is 15.1 Å². The fourth-order valence-electron chi connectivity index (χ4n) is 3.79. The Hall–Kier alpha value is -0.120. The minimum Gasteiger partial charge on any atom is -0.312 e. The van der Waals surface area contributed by atoms with E-state index >= 15 is 0 Å². The predicted molar refractivity (Wildman–Crippen MR) is 71.2 cm³/mol. The van der Waals surface area contributed by atoms with Gasteiger partial charge in [0.25, 0.3) is 0 Å². The van der Waals surface area contributed by atoms with Crippen molar-refractivity contribution >= 4 is 0 Å². The highest BCUT2D eigenvalue weighted by atomic mass is 15.2. The van der Waals surface area contributed by atoms with Crippen molar-refractivity contribution in [3.8, 4) is 0 Å². The Morgan fingerprint density at radius 2 is 1.76 bits per heavy atom. The molecule has 0 spiro atoms. The van der Waals surface area contributed by atoms with Gasteiger partial charge in [-0.1, -0.05) is 0 Å². The van der Waals surface area contributed by atoms with Gasteiger partial charge in [-0.25, -0.2) is 0 Å². The molecule has 4 aliphatic heterocycles. The molecule has 4 fully saturated rings. The molecule has 0 aromatic carbocycles. The molecule has 1 N–H and O–H groups in total. The number of nitrogens with zero attached hydrogens (tertiary/aromatic N) is 2. The number of likely N-dealkylation sites (tertiary alicyclic amines) is 1. The van der Waals surface area contributed by atoms with Crippen LogP contribution in [0.15, 0.2) is 0 Å². The lowest BCUT2D eigenvalue weighted by Gasteiger charge is -2.45. The van der Waals surface area contributed by atoms with Crippen LogP contribution < -0.4 is 5.32 Å². The topological polar surface area (TPSA) is 18.5 Å². The van der Waals surface area contributed by atoms with E-state index in [0.717, 1.165) is 12.0 Å². The summed E-state index contributed by atoms with van der Waals surface area (Å²) in [6.07, 6.45) is 7.05. The number of rotatable bonds is 5. The second-order valence-electron chi connectivity index (χ2n) is 6.10. The number of hydrogen-bond donors (Lipinski definition) is 1. The molecule has 4 heterocycles. The predicted octanol–water partition coefficient (Wildman–Crippen LogP) is 1.16. The van der Waals surface area contributed by atoms with Gasteiger partial charge in [0.1, 0.15) is 0 Å². The maximum Gasteiger partial charge on any atom is 0.0224 e. The lowest BCUT2D eigenvalue weighted by atomic mass is 9.84. The molecule has 0 saturated carbocycles. The monoisotopic (exact) mass is 237 g/mol. The van der Waals surface area contributed by atoms with E-state index in [-0.39, 0.29) is 0 Å². The fourth-order valence-corrected chi connectivity index (χ4v) is 3.79. The van der Waals surface area contributed by atoms with Crippen molar-refractivity contribution in [2.45, 2.75) is 38.1 Å². The maximum atomic E-state index is 3.81. The zero-order valence-electron chi connectivity index (χ0n) is 11.0. The van der Waals surface area contributed by atoms with Crippen LogP contribution in [0.5, 0.6) is 0 Å². The van der Waals surface area contributed by atoms with Gasteiger partial charge in [0.2, 0.25) is 0 Å². The zero-order valence-corrected chi connectivity index (χ0v) is 11.0. The van der Waals surface area contributed by atoms with E-state index in [1.165, 1.54) is 77.9 Å². The average Bonchev–Trinajstić information content (AvgIpc) is 2.89. The molecule has 3 nitrogen and oxygen atoms in total. The highest BCUT2D eigenvalue weighted by Gasteiger charge is 2.33. The van der Waals surface area contributed by atoms with Crippen molar-refractivity contribution in [2.75, 3.05) is 45.8 Å². The van der Waals surface area contributed by atoms with Gasteiger partial charge in [-0.05, 0) is 77.3 Å². The SMILES string of the molecule is C1CCN(CCCNC2CN3CCC2CC3)C1. The third kappa shape index (κ3) is 3.01. The standard InChI is InChI=1S/C14H27N3/c1-2-8-16(7-1)9-3-6-15-14-12-17-10-4-13(14)5-11-17/h13-15H,1-12H2. The van der Waals surface area contributed by atoms with E-state index in [1.54, 1.807) is 0 Å². The lowest BCUT2D eigenvalue weighted by Crippen LogP contribution is -2.56. The summed E-state index contributed by atoms with van der Waals surface area (Å²) in [5.74, 6) is 0.979. The van der Waals surface area contributed by atoms with Gasteiger partial charge in [-0.3, -0.25) is 0 Å². The summed E-state index contributed by atoms with van der Waals surface area (Å²) in [4.78, 5) is 5.26. The Morgan fingerprint density at radius 1 is 1.00 bits per heavy atom. The number of hydrogen-bond acceptors (Lipinski definition) is 3. The molecule has 3 heteroatoms. The molecule has 0 aromatic heterocycles. The molecule has 2 bridgehead atoms. The Morgan fingerprint density at radius 3 is 2.41 bits per heavy atom. The van der Waals surface area contributed by atoms with Crippen LogP contribution in [-0.4, -0.2) is 61.7 Å². The van der Waals surface area contributed by atoms with Crippen LogP contribution in [0, 0.1) is 5.92 Å². The van der Waals surface area contributed by atoms with Gasteiger partial charge in [-0.2, -0.15) is 0 Å². The van der Waals surface area contributed by atoms with E-state index in [1.807, 2.05) is 0 Å². The first kappa shape index (κ1) is 11.9. The summed E-state index contributed by atoms with van der Waals surface area (Å²) >= 11 is 0. The summed E-state index contributed by atoms with van der Waals surface area (Å²) in [7, 11) is 0. The smallest absolute Gasteiger partial charge is 0.0224 e. The first-order valence-corrected chi connectivity index (χ1v) is 7.60. The Balaban J connectivity index is 1.31. The van der Waals surface area contributed by atoms with Gasteiger partial charge in [-0.15, -0.1) is 0 Å². The normalized spacial score (nSPS) is 37.8. The van der Waals surface area contributed by atoms with Crippen LogP contribution in [0.25, 0.3) is 0 Å². The van der Waals surface area contributed by atoms with Gasteiger partial charge in [0, 0.05) is 12.6 Å². The van der Waals surface area contributed by atoms with Gasteiger partial charge < -0.3 is 15.1 Å². The van der Waals surface area contributed by atoms with E-state index in [0.29, 0.717) is 0 Å². The van der Waals surface area contributed by atoms with Crippen molar-refractivity contribution in [1.29, 1.82) is 0 Å². The molecule has 98 valence electrons. The molecular weight excluding hydrogens is 210 g/mol. The fraction of sp³-hybridized carbons (Fsp3) is 1.00. The Labute approximate surface area is 106 Å². The van der Waals surface area contributed by atoms with Crippen LogP contribution in [0.3, 0.4) is 0 Å². The second kappa shape index (κ2) is 5.68. The Kier molecular flexibility index (Phi) is 3.99. The minimum atomic E-state index is 0.802. The summed E-state index contributed by atoms with van der Waals surface area (Å²) in [5, 5.41) is 3.81. The van der Waals surface area contributed by atoms with Gasteiger partial charge in [0.15, 0.2) is 0 Å². The van der Waals surface area contributed by atoms with E-state index in [4.69, 9.17) is 0 Å². The quantitative estimate of drug-likeness (QED) is 0.724. The summed E-state index contributed by atoms with van der Waals surface area (Å²) in [6.45, 7) is 9.26. The molecule has 4 aliphatic rings. The van der Waals surface area contributed by atoms with Gasteiger partial charge >= 0.3 is 0 Å². The molecule has 0 amide bonds. The van der Waals surface area contributed by atoms with E-state index < -0.39 is 0 Å². The van der Waals surface area contributed by atoms with Crippen LogP contribution >= 0.6 is 0 Å². The van der Waals surface area contributed by atoms with Gasteiger partial charge in [0.05, 0.1) is 0 Å². The molecule has 1 atom stereocenters. The molecule has 1 unspecified atom stereocenters. The van der Waals surface area contributed by atoms with Crippen molar-refractivity contribution < 1.29 is 0 Å². The molecule has 0 radical (unpaired) electrons. The van der Waals surface area contributed by atoms with Crippen LogP contribution in [0.1, 0.15) is 32.1 Å². The lowest BCUT2D eigenvalue weighted by molar-refractivity contribution is 0.0724. The van der Waals surface area contributed by atoms with E-state index in [2.05, 4.69) is 15.1 Å². The molecule has 17 heavy (non-hydrogen) atoms. The largest absolute Gasteiger partial charge is 0.312 e. The zero-order chi connectivity index (χ0) is 11.5. The summed E-state index contributed by atoms with van der Waals surface area (Å²) in [5.41, 5.74) is 0. The number of nitrogens with one attached hydrogen (secondary N) is 1. The Bertz CT molecular complexity index is 230. The third-order valence-corrected chi connectivity index (χ3v) is 4.91. The highest BCUT2D eigenvalue weighted by Crippen LogP contribution is 2.27. The van der Waals surface area contributed by atoms with Crippen LogP contribution in [0.4, 0.5) is 0 Å². The first-order chi connectivity index (χ1) is 8.42. The first-order valence-electron chi connectivity index (χ1n) is 7.60. The van der Waals surface area contributed by atoms with Crippen LogP contribution in [-0.2, 0) is 0 Å². The molecular formula is C14H27N3. The number of fused-ring (bicyclic) bond motifs is 3. The van der Waals surface area contributed by atoms with E-state index in [9.17, 15) is 0 Å². The summed E-state index contributed by atoms with van der Waals surface area (Å²) < 4.78 is 0. The van der Waals surface area contributed by atoms with Crippen LogP contribution in [0.2, 0.25) is 0 Å². The molecule has 0 aromatic rings. The second-order valence-corrected chi connectivity index (χ2v) is 6.10. The third-order valence-electron chi connectivity index (χ3n) is 4.91. The summed E-state index contributed by atoms with van der Waals surface area (Å²) in [6, 6.07) is 0.802. The molecule has 0 aliphatic carbocycles. The van der Waals surface area contributed by atoms with Crippen molar-refractivity contribution in [3.05, 3.63) is 0 Å². The highest BCUT2D eigenvalue weighted by molar-refractivity contribution is 4.90.